The molecule has 2 fully saturated rings. The fourth-order valence-electron chi connectivity index (χ4n) is 4.16. The van der Waals surface area contributed by atoms with E-state index in [1.54, 1.807) is 0 Å². The van der Waals surface area contributed by atoms with E-state index in [9.17, 15) is 4.79 Å². The predicted molar refractivity (Wildman–Crippen MR) is 120 cm³/mol. The summed E-state index contributed by atoms with van der Waals surface area (Å²) in [6, 6.07) is 14.1. The lowest BCUT2D eigenvalue weighted by Gasteiger charge is -2.27. The van der Waals surface area contributed by atoms with E-state index in [4.69, 9.17) is 14.7 Å². The molecule has 3 heterocycles. The first-order chi connectivity index (χ1) is 14.5. The zero-order chi connectivity index (χ0) is 20.7. The third-order valence-electron chi connectivity index (χ3n) is 5.66. The summed E-state index contributed by atoms with van der Waals surface area (Å²) in [4.78, 5) is 24.1. The molecule has 2 atom stereocenters. The quantitative estimate of drug-likeness (QED) is 0.599. The Hall–Kier alpha value is -2.71. The molecule has 0 radical (unpaired) electrons. The Kier molecular flexibility index (Phi) is 5.04. The molecule has 2 unspecified atom stereocenters. The first kappa shape index (κ1) is 19.3. The van der Waals surface area contributed by atoms with Crippen LogP contribution < -0.4 is 20.3 Å². The van der Waals surface area contributed by atoms with E-state index in [-0.39, 0.29) is 12.5 Å². The van der Waals surface area contributed by atoms with Gasteiger partial charge in [-0.3, -0.25) is 4.79 Å². The van der Waals surface area contributed by atoms with Gasteiger partial charge < -0.3 is 20.3 Å². The number of aryl methyl sites for hydroxylation is 1. The van der Waals surface area contributed by atoms with E-state index in [1.807, 2.05) is 49.4 Å². The van der Waals surface area contributed by atoms with Crippen molar-refractivity contribution >= 4 is 44.4 Å². The number of carbonyl (C=O) groups excluding carboxylic acids is 1. The third-order valence-corrected chi connectivity index (χ3v) is 6.18. The molecule has 2 aliphatic heterocycles. The van der Waals surface area contributed by atoms with Crippen LogP contribution in [0.3, 0.4) is 0 Å². The lowest BCUT2D eigenvalue weighted by atomic mass is 10.1. The molecule has 1 amide bonds. The van der Waals surface area contributed by atoms with Crippen LogP contribution in [0.5, 0.6) is 5.75 Å². The van der Waals surface area contributed by atoms with Crippen LogP contribution in [0.2, 0.25) is 0 Å². The van der Waals surface area contributed by atoms with E-state index in [1.165, 1.54) is 0 Å². The zero-order valence-corrected chi connectivity index (χ0v) is 18.1. The van der Waals surface area contributed by atoms with Crippen molar-refractivity contribution in [2.24, 2.45) is 0 Å². The molecular formula is C22H22BrN5O2. The number of carbonyl (C=O) groups is 1. The summed E-state index contributed by atoms with van der Waals surface area (Å²) in [5.41, 5.74) is 2.50. The third kappa shape index (κ3) is 3.85. The molecule has 3 aromatic rings. The summed E-state index contributed by atoms with van der Waals surface area (Å²) in [6.45, 7) is 3.89. The van der Waals surface area contributed by atoms with Crippen molar-refractivity contribution in [3.63, 3.8) is 0 Å². The van der Waals surface area contributed by atoms with Crippen molar-refractivity contribution in [2.75, 3.05) is 29.9 Å². The molecule has 0 spiro atoms. The fourth-order valence-corrected chi connectivity index (χ4v) is 4.42. The van der Waals surface area contributed by atoms with Crippen LogP contribution in [0.4, 0.5) is 11.6 Å². The van der Waals surface area contributed by atoms with E-state index in [0.717, 1.165) is 46.5 Å². The van der Waals surface area contributed by atoms with E-state index >= 15 is 0 Å². The maximum Gasteiger partial charge on any atom is 0.262 e. The average molecular weight is 468 g/mol. The van der Waals surface area contributed by atoms with Gasteiger partial charge in [0.25, 0.3) is 5.91 Å². The van der Waals surface area contributed by atoms with Crippen LogP contribution in [0, 0.1) is 6.92 Å². The Morgan fingerprint density at radius 3 is 2.83 bits per heavy atom. The highest BCUT2D eigenvalue weighted by Crippen LogP contribution is 2.29. The zero-order valence-electron chi connectivity index (χ0n) is 16.6. The van der Waals surface area contributed by atoms with Crippen LogP contribution in [0.15, 0.2) is 46.9 Å². The van der Waals surface area contributed by atoms with Gasteiger partial charge in [-0.1, -0.05) is 15.9 Å². The Labute approximate surface area is 183 Å². The Bertz CT molecular complexity index is 1100. The number of amides is 1. The number of hydrogen-bond donors (Lipinski definition) is 2. The Balaban J connectivity index is 1.28. The van der Waals surface area contributed by atoms with Gasteiger partial charge in [0.05, 0.1) is 11.2 Å². The SMILES string of the molecule is Cc1nc(N2CC3CC2CN3)nc2ccc(NC(=O)COc3ccc(Br)cc3)cc12. The van der Waals surface area contributed by atoms with Gasteiger partial charge in [-0.05, 0) is 55.8 Å². The molecule has 2 N–H and O–H groups in total. The smallest absolute Gasteiger partial charge is 0.262 e. The monoisotopic (exact) mass is 467 g/mol. The minimum Gasteiger partial charge on any atom is -0.484 e. The predicted octanol–water partition coefficient (Wildman–Crippen LogP) is 3.27. The van der Waals surface area contributed by atoms with E-state index in [2.05, 4.69) is 31.5 Å². The topological polar surface area (TPSA) is 79.4 Å². The van der Waals surface area contributed by atoms with Gasteiger partial charge in [0.2, 0.25) is 5.95 Å². The van der Waals surface area contributed by atoms with Crippen molar-refractivity contribution in [1.82, 2.24) is 15.3 Å². The van der Waals surface area contributed by atoms with Gasteiger partial charge in [0.1, 0.15) is 5.75 Å². The maximum absolute atomic E-state index is 12.3. The van der Waals surface area contributed by atoms with Gasteiger partial charge >= 0.3 is 0 Å². The lowest BCUT2D eigenvalue weighted by Crippen LogP contribution is -2.44. The van der Waals surface area contributed by atoms with Crippen LogP contribution in [-0.4, -0.2) is 47.7 Å². The van der Waals surface area contributed by atoms with Crippen LogP contribution in [0.1, 0.15) is 12.1 Å². The molecular weight excluding hydrogens is 446 g/mol. The summed E-state index contributed by atoms with van der Waals surface area (Å²) in [7, 11) is 0. The van der Waals surface area contributed by atoms with Crippen molar-refractivity contribution in [1.29, 1.82) is 0 Å². The summed E-state index contributed by atoms with van der Waals surface area (Å²) in [5, 5.41) is 7.33. The molecule has 2 bridgehead atoms. The molecule has 5 rings (SSSR count). The highest BCUT2D eigenvalue weighted by atomic mass is 79.9. The minimum absolute atomic E-state index is 0.0559. The van der Waals surface area contributed by atoms with E-state index < -0.39 is 0 Å². The number of ether oxygens (including phenoxy) is 1. The van der Waals surface area contributed by atoms with Crippen LogP contribution in [-0.2, 0) is 4.79 Å². The number of nitrogens with zero attached hydrogens (tertiary/aromatic N) is 3. The molecule has 2 aromatic carbocycles. The molecule has 2 saturated heterocycles. The second-order valence-electron chi connectivity index (χ2n) is 7.78. The summed E-state index contributed by atoms with van der Waals surface area (Å²) in [6.07, 6.45) is 1.16. The van der Waals surface area contributed by atoms with Gasteiger partial charge in [-0.2, -0.15) is 0 Å². The number of halogens is 1. The maximum atomic E-state index is 12.3. The Morgan fingerprint density at radius 2 is 2.10 bits per heavy atom. The standard InChI is InChI=1S/C22H22BrN5O2/c1-13-19-9-15(26-21(29)12-30-18-5-2-14(23)3-6-18)4-7-20(19)27-22(25-13)28-11-16-8-17(28)10-24-16/h2-7,9,16-17,24H,8,10-12H2,1H3,(H,26,29). The van der Waals surface area contributed by atoms with Gasteiger partial charge in [0, 0.05) is 40.7 Å². The summed E-state index contributed by atoms with van der Waals surface area (Å²) < 4.78 is 6.50. The number of hydrogen-bond acceptors (Lipinski definition) is 6. The highest BCUT2D eigenvalue weighted by molar-refractivity contribution is 9.10. The van der Waals surface area contributed by atoms with Crippen molar-refractivity contribution < 1.29 is 9.53 Å². The fraction of sp³-hybridized carbons (Fsp3) is 0.318. The molecule has 0 aliphatic carbocycles. The molecule has 154 valence electrons. The van der Waals surface area contributed by atoms with Gasteiger partial charge in [-0.15, -0.1) is 0 Å². The number of fused-ring (bicyclic) bond motifs is 3. The summed E-state index contributed by atoms with van der Waals surface area (Å²) >= 11 is 3.38. The summed E-state index contributed by atoms with van der Waals surface area (Å²) in [5.74, 6) is 1.23. The number of piperazine rings is 1. The second-order valence-corrected chi connectivity index (χ2v) is 8.69. The molecule has 30 heavy (non-hydrogen) atoms. The van der Waals surface area contributed by atoms with Crippen LogP contribution >= 0.6 is 15.9 Å². The normalized spacial score (nSPS) is 20.0. The van der Waals surface area contributed by atoms with Crippen LogP contribution in [0.25, 0.3) is 10.9 Å². The second kappa shape index (κ2) is 7.85. The van der Waals surface area contributed by atoms with Crippen molar-refractivity contribution in [3.8, 4) is 5.75 Å². The van der Waals surface area contributed by atoms with Gasteiger partial charge in [0.15, 0.2) is 6.61 Å². The van der Waals surface area contributed by atoms with E-state index in [0.29, 0.717) is 23.5 Å². The van der Waals surface area contributed by atoms with Crippen molar-refractivity contribution in [3.05, 3.63) is 52.6 Å². The number of benzene rings is 2. The molecule has 1 aromatic heterocycles. The molecule has 0 saturated carbocycles. The first-order valence-corrected chi connectivity index (χ1v) is 10.8. The molecule has 7 nitrogen and oxygen atoms in total. The molecule has 2 aliphatic rings. The lowest BCUT2D eigenvalue weighted by molar-refractivity contribution is -0.118. The number of nitrogens with one attached hydrogen (secondary N) is 2. The number of anilines is 2. The average Bonchev–Trinajstić information content (AvgIpc) is 3.37. The molecule has 8 heteroatoms. The number of rotatable bonds is 5. The largest absolute Gasteiger partial charge is 0.484 e. The van der Waals surface area contributed by atoms with Crippen molar-refractivity contribution in [2.45, 2.75) is 25.4 Å². The van der Waals surface area contributed by atoms with Gasteiger partial charge in [-0.25, -0.2) is 9.97 Å². The highest BCUT2D eigenvalue weighted by Gasteiger charge is 2.38. The Morgan fingerprint density at radius 1 is 1.27 bits per heavy atom. The first-order valence-electron chi connectivity index (χ1n) is 10.0. The number of aromatic nitrogens is 2. The minimum atomic E-state index is -0.215.